The number of methoxy groups -OCH3 is 1. The van der Waals surface area contributed by atoms with E-state index < -0.39 is 0 Å². The minimum Gasteiger partial charge on any atom is -0.383 e. The van der Waals surface area contributed by atoms with Gasteiger partial charge in [0.05, 0.1) is 6.61 Å². The number of ether oxygens (including phenoxy) is 1. The molecular formula is C16H28N4O. The molecule has 0 bridgehead atoms. The summed E-state index contributed by atoms with van der Waals surface area (Å²) in [5.41, 5.74) is 1.15. The Hall–Kier alpha value is -1.20. The minimum absolute atomic E-state index is 0.468. The minimum atomic E-state index is 0.468. The Kier molecular flexibility index (Phi) is 6.39. The van der Waals surface area contributed by atoms with Crippen LogP contribution in [-0.2, 0) is 11.3 Å². The van der Waals surface area contributed by atoms with Crippen LogP contribution in [-0.4, -0.2) is 42.3 Å². The molecule has 0 spiro atoms. The van der Waals surface area contributed by atoms with Crippen molar-refractivity contribution in [1.29, 1.82) is 0 Å². The lowest BCUT2D eigenvalue weighted by Crippen LogP contribution is -2.38. The van der Waals surface area contributed by atoms with Crippen molar-refractivity contribution >= 4 is 5.95 Å². The van der Waals surface area contributed by atoms with Crippen LogP contribution in [0.4, 0.5) is 5.95 Å². The van der Waals surface area contributed by atoms with Crippen molar-refractivity contribution in [3.63, 3.8) is 0 Å². The van der Waals surface area contributed by atoms with Crippen LogP contribution in [0.5, 0.6) is 0 Å². The van der Waals surface area contributed by atoms with Crippen LogP contribution in [0, 0.1) is 0 Å². The van der Waals surface area contributed by atoms with E-state index in [0.717, 1.165) is 37.4 Å². The molecule has 0 amide bonds. The summed E-state index contributed by atoms with van der Waals surface area (Å²) in [6, 6.07) is 1.18. The molecule has 0 saturated heterocycles. The van der Waals surface area contributed by atoms with E-state index >= 15 is 0 Å². The maximum Gasteiger partial charge on any atom is 0.225 e. The molecule has 2 rings (SSSR count). The van der Waals surface area contributed by atoms with Gasteiger partial charge in [-0.3, -0.25) is 0 Å². The van der Waals surface area contributed by atoms with Gasteiger partial charge in [0.15, 0.2) is 0 Å². The van der Waals surface area contributed by atoms with Gasteiger partial charge in [-0.1, -0.05) is 13.8 Å². The van der Waals surface area contributed by atoms with Gasteiger partial charge in [0.25, 0.3) is 0 Å². The third kappa shape index (κ3) is 4.93. The largest absolute Gasteiger partial charge is 0.383 e. The summed E-state index contributed by atoms with van der Waals surface area (Å²) in [6.07, 6.45) is 8.68. The molecule has 5 heteroatoms. The lowest BCUT2D eigenvalue weighted by Gasteiger charge is -2.30. The Morgan fingerprint density at radius 3 is 2.48 bits per heavy atom. The molecular weight excluding hydrogens is 264 g/mol. The van der Waals surface area contributed by atoms with Gasteiger partial charge in [-0.25, -0.2) is 9.97 Å². The van der Waals surface area contributed by atoms with Crippen molar-refractivity contribution in [2.24, 2.45) is 0 Å². The molecule has 0 aliphatic heterocycles. The number of hydrogen-bond donors (Lipinski definition) is 1. The Morgan fingerprint density at radius 2 is 1.95 bits per heavy atom. The average Bonchev–Trinajstić information content (AvgIpc) is 3.34. The maximum absolute atomic E-state index is 5.22. The monoisotopic (exact) mass is 292 g/mol. The number of anilines is 1. The van der Waals surface area contributed by atoms with Crippen LogP contribution >= 0.6 is 0 Å². The van der Waals surface area contributed by atoms with Crippen molar-refractivity contribution < 1.29 is 4.74 Å². The fourth-order valence-corrected chi connectivity index (χ4v) is 2.50. The van der Waals surface area contributed by atoms with Gasteiger partial charge in [0.1, 0.15) is 0 Å². The lowest BCUT2D eigenvalue weighted by molar-refractivity contribution is 0.202. The van der Waals surface area contributed by atoms with Gasteiger partial charge in [-0.05, 0) is 25.7 Å². The molecule has 0 radical (unpaired) electrons. The predicted octanol–water partition coefficient (Wildman–Crippen LogP) is 2.37. The Balaban J connectivity index is 1.99. The van der Waals surface area contributed by atoms with E-state index in [1.807, 2.05) is 12.4 Å². The van der Waals surface area contributed by atoms with Crippen LogP contribution in [0.1, 0.15) is 45.1 Å². The lowest BCUT2D eigenvalue weighted by atomic mass is 10.1. The summed E-state index contributed by atoms with van der Waals surface area (Å²) in [5.74, 6) is 0.816. The van der Waals surface area contributed by atoms with Gasteiger partial charge in [-0.2, -0.15) is 0 Å². The number of aromatic nitrogens is 2. The average molecular weight is 292 g/mol. The smallest absolute Gasteiger partial charge is 0.225 e. The number of nitrogens with one attached hydrogen (secondary N) is 1. The van der Waals surface area contributed by atoms with E-state index in [-0.39, 0.29) is 0 Å². The first-order chi connectivity index (χ1) is 10.3. The Labute approximate surface area is 128 Å². The van der Waals surface area contributed by atoms with Crippen LogP contribution in [0.15, 0.2) is 12.4 Å². The summed E-state index contributed by atoms with van der Waals surface area (Å²) in [7, 11) is 1.73. The Morgan fingerprint density at radius 1 is 1.29 bits per heavy atom. The fraction of sp³-hybridized carbons (Fsp3) is 0.750. The molecule has 1 aliphatic rings. The van der Waals surface area contributed by atoms with Crippen LogP contribution in [0.3, 0.4) is 0 Å². The highest BCUT2D eigenvalue weighted by Crippen LogP contribution is 2.19. The zero-order chi connectivity index (χ0) is 15.1. The first-order valence-electron chi connectivity index (χ1n) is 8.08. The summed E-state index contributed by atoms with van der Waals surface area (Å²) >= 11 is 0. The highest BCUT2D eigenvalue weighted by molar-refractivity contribution is 5.31. The van der Waals surface area contributed by atoms with Gasteiger partial charge in [0, 0.05) is 50.2 Å². The fourth-order valence-electron chi connectivity index (χ4n) is 2.50. The number of rotatable bonds is 10. The second kappa shape index (κ2) is 8.29. The number of hydrogen-bond acceptors (Lipinski definition) is 5. The van der Waals surface area contributed by atoms with Gasteiger partial charge < -0.3 is 15.0 Å². The topological polar surface area (TPSA) is 50.3 Å². The molecule has 118 valence electrons. The molecule has 0 atom stereocenters. The van der Waals surface area contributed by atoms with Crippen LogP contribution in [0.25, 0.3) is 0 Å². The second-order valence-electron chi connectivity index (χ2n) is 5.70. The maximum atomic E-state index is 5.22. The van der Waals surface area contributed by atoms with E-state index in [9.17, 15) is 0 Å². The van der Waals surface area contributed by atoms with E-state index in [4.69, 9.17) is 4.74 Å². The normalized spacial score (nSPS) is 14.7. The van der Waals surface area contributed by atoms with E-state index in [2.05, 4.69) is 34.0 Å². The van der Waals surface area contributed by atoms with Crippen LogP contribution < -0.4 is 10.2 Å². The summed E-state index contributed by atoms with van der Waals surface area (Å²) in [5, 5.41) is 3.49. The zero-order valence-corrected chi connectivity index (χ0v) is 13.5. The standard InChI is InChI=1S/C16H28N4O/c1-4-15(5-2)20(8-9-21-3)16-18-11-13(12-19-16)10-17-14-6-7-14/h11-12,14-15,17H,4-10H2,1-3H3. The molecule has 1 saturated carbocycles. The van der Waals surface area contributed by atoms with Gasteiger partial charge >= 0.3 is 0 Å². The first kappa shape index (κ1) is 16.2. The molecule has 5 nitrogen and oxygen atoms in total. The molecule has 1 aliphatic carbocycles. The third-order valence-electron chi connectivity index (χ3n) is 4.04. The highest BCUT2D eigenvalue weighted by Gasteiger charge is 2.20. The van der Waals surface area contributed by atoms with E-state index in [1.54, 1.807) is 7.11 Å². The number of nitrogens with zero attached hydrogens (tertiary/aromatic N) is 3. The molecule has 1 aromatic heterocycles. The SMILES string of the molecule is CCC(CC)N(CCOC)c1ncc(CNC2CC2)cn1. The second-order valence-corrected chi connectivity index (χ2v) is 5.70. The predicted molar refractivity (Wildman–Crippen MR) is 85.5 cm³/mol. The molecule has 0 unspecified atom stereocenters. The van der Waals surface area contributed by atoms with Gasteiger partial charge in [0.2, 0.25) is 5.95 Å². The molecule has 1 heterocycles. The van der Waals surface area contributed by atoms with Crippen molar-refractivity contribution in [2.75, 3.05) is 25.2 Å². The molecule has 1 fully saturated rings. The highest BCUT2D eigenvalue weighted by atomic mass is 16.5. The molecule has 1 aromatic rings. The van der Waals surface area contributed by atoms with Gasteiger partial charge in [-0.15, -0.1) is 0 Å². The summed E-state index contributed by atoms with van der Waals surface area (Å²) < 4.78 is 5.22. The van der Waals surface area contributed by atoms with Crippen molar-refractivity contribution in [2.45, 2.75) is 58.2 Å². The summed E-state index contributed by atoms with van der Waals surface area (Å²) in [4.78, 5) is 11.4. The Bertz CT molecular complexity index is 401. The molecule has 0 aromatic carbocycles. The quantitative estimate of drug-likeness (QED) is 0.717. The first-order valence-corrected chi connectivity index (χ1v) is 8.08. The van der Waals surface area contributed by atoms with Crippen molar-refractivity contribution in [3.05, 3.63) is 18.0 Å². The van der Waals surface area contributed by atoms with E-state index in [1.165, 1.54) is 12.8 Å². The molecule has 21 heavy (non-hydrogen) atoms. The van der Waals surface area contributed by atoms with Crippen molar-refractivity contribution in [1.82, 2.24) is 15.3 Å². The summed E-state index contributed by atoms with van der Waals surface area (Å²) in [6.45, 7) is 6.82. The zero-order valence-electron chi connectivity index (χ0n) is 13.5. The molecule has 1 N–H and O–H groups in total. The third-order valence-corrected chi connectivity index (χ3v) is 4.04. The van der Waals surface area contributed by atoms with E-state index in [0.29, 0.717) is 18.7 Å². The van der Waals surface area contributed by atoms with Crippen molar-refractivity contribution in [3.8, 4) is 0 Å². The van der Waals surface area contributed by atoms with Crippen LogP contribution in [0.2, 0.25) is 0 Å².